The van der Waals surface area contributed by atoms with Gasteiger partial charge in [-0.3, -0.25) is 19.6 Å². The number of likely N-dealkylation sites (N-methyl/N-ethyl adjacent to an activating group) is 1. The molecule has 0 spiro atoms. The lowest BCUT2D eigenvalue weighted by molar-refractivity contribution is -0.136. The lowest BCUT2D eigenvalue weighted by Crippen LogP contribution is -2.56. The maximum Gasteiger partial charge on any atom is 0.224 e. The normalized spacial score (nSPS) is 22.7. The third kappa shape index (κ3) is 5.43. The van der Waals surface area contributed by atoms with Crippen LogP contribution in [0.1, 0.15) is 58.3 Å². The quantitative estimate of drug-likeness (QED) is 0.698. The summed E-state index contributed by atoms with van der Waals surface area (Å²) in [4.78, 5) is 37.5. The molecule has 2 N–H and O–H groups in total. The number of piperidine rings is 1. The SMILES string of the molecule is CC(=O)NC1(CC(=O)N(C)CC2(O)CCCN(c3ccnc4ccncc34)C2)CCCCC1. The summed E-state index contributed by atoms with van der Waals surface area (Å²) >= 11 is 0. The highest BCUT2D eigenvalue weighted by molar-refractivity contribution is 5.90. The maximum absolute atomic E-state index is 13.2. The number of nitrogens with one attached hydrogen (secondary N) is 1. The molecule has 1 atom stereocenters. The first-order chi connectivity index (χ1) is 15.8. The van der Waals surface area contributed by atoms with E-state index in [2.05, 4.69) is 20.2 Å². The van der Waals surface area contributed by atoms with Crippen molar-refractivity contribution in [3.05, 3.63) is 30.7 Å². The van der Waals surface area contributed by atoms with E-state index >= 15 is 0 Å². The summed E-state index contributed by atoms with van der Waals surface area (Å²) < 4.78 is 0. The van der Waals surface area contributed by atoms with Crippen LogP contribution in [0.25, 0.3) is 10.9 Å². The molecule has 1 saturated carbocycles. The molecule has 33 heavy (non-hydrogen) atoms. The maximum atomic E-state index is 13.2. The summed E-state index contributed by atoms with van der Waals surface area (Å²) in [5, 5.41) is 15.5. The van der Waals surface area contributed by atoms with Crippen molar-refractivity contribution in [1.29, 1.82) is 0 Å². The molecule has 178 valence electrons. The number of amides is 2. The van der Waals surface area contributed by atoms with Gasteiger partial charge in [0.2, 0.25) is 11.8 Å². The van der Waals surface area contributed by atoms with Crippen molar-refractivity contribution in [2.45, 2.75) is 69.4 Å². The molecule has 1 aliphatic carbocycles. The average molecular weight is 454 g/mol. The van der Waals surface area contributed by atoms with Gasteiger partial charge in [0.1, 0.15) is 0 Å². The Morgan fingerprint density at radius 1 is 1.15 bits per heavy atom. The molecule has 1 saturated heterocycles. The number of fused-ring (bicyclic) bond motifs is 1. The molecule has 1 unspecified atom stereocenters. The van der Waals surface area contributed by atoms with Crippen molar-refractivity contribution in [2.24, 2.45) is 0 Å². The Labute approximate surface area is 195 Å². The fourth-order valence-corrected chi connectivity index (χ4v) is 5.60. The molecule has 0 aromatic carbocycles. The van der Waals surface area contributed by atoms with Crippen LogP contribution in [-0.4, -0.2) is 69.6 Å². The number of rotatable bonds is 6. The Bertz CT molecular complexity index is 1000. The highest BCUT2D eigenvalue weighted by Gasteiger charge is 2.39. The predicted octanol–water partition coefficient (Wildman–Crippen LogP) is 2.65. The van der Waals surface area contributed by atoms with Gasteiger partial charge >= 0.3 is 0 Å². The zero-order chi connectivity index (χ0) is 23.5. The van der Waals surface area contributed by atoms with Gasteiger partial charge in [-0.05, 0) is 37.8 Å². The van der Waals surface area contributed by atoms with Crippen LogP contribution in [0.4, 0.5) is 5.69 Å². The average Bonchev–Trinajstić information content (AvgIpc) is 2.78. The second kappa shape index (κ2) is 9.63. The van der Waals surface area contributed by atoms with E-state index in [9.17, 15) is 14.7 Å². The van der Waals surface area contributed by atoms with Gasteiger partial charge in [0, 0.05) is 68.7 Å². The van der Waals surface area contributed by atoms with Crippen LogP contribution < -0.4 is 10.2 Å². The number of nitrogens with zero attached hydrogens (tertiary/aromatic N) is 4. The standard InChI is InChI=1S/C25H35N5O3/c1-19(31)28-24(9-4-3-5-10-24)15-23(32)29(2)17-25(33)11-6-14-30(18-25)22-8-13-27-21-7-12-26-16-20(21)22/h7-8,12-13,16,33H,3-6,9-11,14-15,17-18H2,1-2H3,(H,28,31). The fourth-order valence-electron chi connectivity index (χ4n) is 5.60. The molecule has 4 rings (SSSR count). The molecule has 1 aliphatic heterocycles. The summed E-state index contributed by atoms with van der Waals surface area (Å²) in [5.74, 6) is -0.122. The molecule has 2 fully saturated rings. The summed E-state index contributed by atoms with van der Waals surface area (Å²) in [5.41, 5.74) is 0.417. The van der Waals surface area contributed by atoms with E-state index in [1.165, 1.54) is 6.92 Å². The molecule has 2 aromatic heterocycles. The van der Waals surface area contributed by atoms with Crippen molar-refractivity contribution in [2.75, 3.05) is 31.6 Å². The number of carbonyl (C=O) groups excluding carboxylic acids is 2. The van der Waals surface area contributed by atoms with Crippen LogP contribution in [0.15, 0.2) is 30.7 Å². The van der Waals surface area contributed by atoms with E-state index < -0.39 is 11.1 Å². The Hall–Kier alpha value is -2.74. The highest BCUT2D eigenvalue weighted by Crippen LogP contribution is 2.33. The zero-order valence-electron chi connectivity index (χ0n) is 19.7. The Balaban J connectivity index is 1.45. The summed E-state index contributed by atoms with van der Waals surface area (Å²) in [7, 11) is 1.76. The zero-order valence-corrected chi connectivity index (χ0v) is 19.7. The van der Waals surface area contributed by atoms with Gasteiger partial charge in [-0.1, -0.05) is 19.3 Å². The molecular formula is C25H35N5O3. The largest absolute Gasteiger partial charge is 0.386 e. The molecule has 8 heteroatoms. The third-order valence-electron chi connectivity index (χ3n) is 7.11. The van der Waals surface area contributed by atoms with E-state index in [0.29, 0.717) is 13.0 Å². The summed E-state index contributed by atoms with van der Waals surface area (Å²) in [6.45, 7) is 3.05. The minimum Gasteiger partial charge on any atom is -0.386 e. The molecule has 8 nitrogen and oxygen atoms in total. The molecule has 2 aromatic rings. The van der Waals surface area contributed by atoms with Gasteiger partial charge in [-0.2, -0.15) is 0 Å². The van der Waals surface area contributed by atoms with Crippen LogP contribution in [0.3, 0.4) is 0 Å². The Morgan fingerprint density at radius 3 is 2.70 bits per heavy atom. The third-order valence-corrected chi connectivity index (χ3v) is 7.11. The minimum absolute atomic E-state index is 0.0326. The molecule has 2 amide bonds. The molecular weight excluding hydrogens is 418 g/mol. The van der Waals surface area contributed by atoms with Gasteiger partial charge in [-0.25, -0.2) is 0 Å². The predicted molar refractivity (Wildman–Crippen MR) is 128 cm³/mol. The van der Waals surface area contributed by atoms with Crippen LogP contribution in [-0.2, 0) is 9.59 Å². The smallest absolute Gasteiger partial charge is 0.224 e. The van der Waals surface area contributed by atoms with Gasteiger partial charge in [-0.15, -0.1) is 0 Å². The fraction of sp³-hybridized carbons (Fsp3) is 0.600. The van der Waals surface area contributed by atoms with E-state index in [1.807, 2.05) is 18.3 Å². The second-order valence-corrected chi connectivity index (χ2v) is 9.92. The van der Waals surface area contributed by atoms with Crippen molar-refractivity contribution in [3.8, 4) is 0 Å². The molecule has 0 bridgehead atoms. The number of anilines is 1. The summed E-state index contributed by atoms with van der Waals surface area (Å²) in [6.07, 6.45) is 11.9. The van der Waals surface area contributed by atoms with Crippen molar-refractivity contribution < 1.29 is 14.7 Å². The minimum atomic E-state index is -1.01. The first kappa shape index (κ1) is 23.4. The number of pyridine rings is 2. The van der Waals surface area contributed by atoms with Crippen molar-refractivity contribution >= 4 is 28.4 Å². The Morgan fingerprint density at radius 2 is 1.94 bits per heavy atom. The first-order valence-electron chi connectivity index (χ1n) is 12.0. The molecule has 3 heterocycles. The van der Waals surface area contributed by atoms with E-state index in [1.54, 1.807) is 24.3 Å². The number of hydrogen-bond acceptors (Lipinski definition) is 6. The van der Waals surface area contributed by atoms with Crippen molar-refractivity contribution in [1.82, 2.24) is 20.2 Å². The molecule has 0 radical (unpaired) electrons. The molecule has 2 aliphatic rings. The van der Waals surface area contributed by atoms with Crippen LogP contribution in [0.2, 0.25) is 0 Å². The lowest BCUT2D eigenvalue weighted by Gasteiger charge is -2.43. The highest BCUT2D eigenvalue weighted by atomic mass is 16.3. The van der Waals surface area contributed by atoms with Gasteiger partial charge in [0.25, 0.3) is 0 Å². The Kier molecular flexibility index (Phi) is 6.83. The van der Waals surface area contributed by atoms with Gasteiger partial charge < -0.3 is 20.2 Å². The number of aromatic nitrogens is 2. The number of carbonyl (C=O) groups is 2. The van der Waals surface area contributed by atoms with Crippen LogP contribution in [0.5, 0.6) is 0 Å². The van der Waals surface area contributed by atoms with E-state index in [0.717, 1.165) is 61.7 Å². The van der Waals surface area contributed by atoms with Crippen LogP contribution >= 0.6 is 0 Å². The number of β-amino-alcohol motifs (C(OH)–C–C–N with tert-alkyl or cyclic N) is 1. The topological polar surface area (TPSA) is 98.7 Å². The summed E-state index contributed by atoms with van der Waals surface area (Å²) in [6, 6.07) is 3.85. The number of hydrogen-bond donors (Lipinski definition) is 2. The van der Waals surface area contributed by atoms with Crippen LogP contribution in [0, 0.1) is 0 Å². The van der Waals surface area contributed by atoms with E-state index in [-0.39, 0.29) is 24.8 Å². The number of aliphatic hydroxyl groups is 1. The van der Waals surface area contributed by atoms with Gasteiger partial charge in [0.15, 0.2) is 0 Å². The lowest BCUT2D eigenvalue weighted by atomic mass is 9.78. The second-order valence-electron chi connectivity index (χ2n) is 9.92. The monoisotopic (exact) mass is 453 g/mol. The first-order valence-corrected chi connectivity index (χ1v) is 12.0. The van der Waals surface area contributed by atoms with Gasteiger partial charge in [0.05, 0.1) is 17.7 Å². The van der Waals surface area contributed by atoms with E-state index in [4.69, 9.17) is 0 Å². The van der Waals surface area contributed by atoms with Crippen molar-refractivity contribution in [3.63, 3.8) is 0 Å².